The number of ether oxygens (including phenoxy) is 2. The first-order valence-corrected chi connectivity index (χ1v) is 13.2. The number of hydrogen-bond donors (Lipinski definition) is 1. The maximum Gasteiger partial charge on any atom is 0.338 e. The quantitative estimate of drug-likeness (QED) is 0.234. The molecule has 3 aromatic carbocycles. The minimum atomic E-state index is -0.767. The SMILES string of the molecule is O=C(COC(=O)c1cccc(N2C(=O)[C@@H]3C[C@H](Cl)[C@@H](Cl)C[C@H]3C2=O)c1)Nc1ccc(Oc2ccccc2)cc1. The average Bonchev–Trinajstić information content (AvgIpc) is 3.17. The summed E-state index contributed by atoms with van der Waals surface area (Å²) >= 11 is 12.5. The fraction of sp³-hybridized carbons (Fsp3) is 0.241. The van der Waals surface area contributed by atoms with Crippen molar-refractivity contribution in [1.29, 1.82) is 0 Å². The van der Waals surface area contributed by atoms with Crippen LogP contribution in [0.2, 0.25) is 0 Å². The molecule has 5 rings (SSSR count). The molecule has 0 spiro atoms. The number of anilines is 2. The molecule has 10 heteroatoms. The molecule has 0 unspecified atom stereocenters. The van der Waals surface area contributed by atoms with Gasteiger partial charge in [-0.1, -0.05) is 24.3 Å². The van der Waals surface area contributed by atoms with E-state index in [2.05, 4.69) is 5.32 Å². The normalized spacial score (nSPS) is 22.3. The number of benzene rings is 3. The summed E-state index contributed by atoms with van der Waals surface area (Å²) in [5.41, 5.74) is 0.862. The van der Waals surface area contributed by atoms with Gasteiger partial charge in [0.15, 0.2) is 6.61 Å². The number of carbonyl (C=O) groups is 4. The molecule has 0 radical (unpaired) electrons. The lowest BCUT2D eigenvalue weighted by Gasteiger charge is -2.28. The number of carbonyl (C=O) groups excluding carboxylic acids is 4. The Morgan fingerprint density at radius 1 is 0.821 bits per heavy atom. The Bertz CT molecular complexity index is 1370. The Morgan fingerprint density at radius 2 is 1.44 bits per heavy atom. The molecular formula is C29H24Cl2N2O6. The Hall–Kier alpha value is -3.88. The largest absolute Gasteiger partial charge is 0.457 e. The summed E-state index contributed by atoms with van der Waals surface area (Å²) in [7, 11) is 0. The summed E-state index contributed by atoms with van der Waals surface area (Å²) in [6, 6.07) is 22.0. The van der Waals surface area contributed by atoms with Gasteiger partial charge in [-0.15, -0.1) is 23.2 Å². The number of para-hydroxylation sites is 1. The van der Waals surface area contributed by atoms with E-state index in [0.29, 0.717) is 30.0 Å². The van der Waals surface area contributed by atoms with Gasteiger partial charge in [-0.3, -0.25) is 19.3 Å². The smallest absolute Gasteiger partial charge is 0.338 e. The van der Waals surface area contributed by atoms with Crippen LogP contribution < -0.4 is 15.0 Å². The van der Waals surface area contributed by atoms with Crippen LogP contribution in [0.1, 0.15) is 23.2 Å². The van der Waals surface area contributed by atoms with Gasteiger partial charge in [-0.05, 0) is 67.4 Å². The van der Waals surface area contributed by atoms with E-state index < -0.39 is 41.1 Å². The van der Waals surface area contributed by atoms with E-state index in [0.717, 1.165) is 4.90 Å². The highest BCUT2D eigenvalue weighted by atomic mass is 35.5. The van der Waals surface area contributed by atoms with Crippen molar-refractivity contribution >= 4 is 58.3 Å². The summed E-state index contributed by atoms with van der Waals surface area (Å²) in [6.07, 6.45) is 0.641. The molecule has 3 amide bonds. The van der Waals surface area contributed by atoms with Crippen molar-refractivity contribution < 1.29 is 28.7 Å². The zero-order valence-corrected chi connectivity index (χ0v) is 22.1. The topological polar surface area (TPSA) is 102 Å². The second-order valence-corrected chi connectivity index (χ2v) is 10.5. The van der Waals surface area contributed by atoms with Gasteiger partial charge in [0.05, 0.1) is 33.8 Å². The van der Waals surface area contributed by atoms with Gasteiger partial charge in [0, 0.05) is 5.69 Å². The number of imide groups is 1. The Balaban J connectivity index is 1.17. The van der Waals surface area contributed by atoms with Gasteiger partial charge in [0.2, 0.25) is 11.8 Å². The van der Waals surface area contributed by atoms with Gasteiger partial charge in [0.1, 0.15) is 11.5 Å². The van der Waals surface area contributed by atoms with E-state index in [1.165, 1.54) is 12.1 Å². The molecule has 1 saturated heterocycles. The van der Waals surface area contributed by atoms with Crippen LogP contribution in [0.25, 0.3) is 0 Å². The van der Waals surface area contributed by atoms with Gasteiger partial charge in [-0.2, -0.15) is 0 Å². The van der Waals surface area contributed by atoms with Crippen LogP contribution in [0.4, 0.5) is 11.4 Å². The van der Waals surface area contributed by atoms with Crippen molar-refractivity contribution in [2.75, 3.05) is 16.8 Å². The Morgan fingerprint density at radius 3 is 2.08 bits per heavy atom. The lowest BCUT2D eigenvalue weighted by atomic mass is 9.80. The van der Waals surface area contributed by atoms with E-state index in [1.54, 1.807) is 36.4 Å². The monoisotopic (exact) mass is 566 g/mol. The van der Waals surface area contributed by atoms with Crippen molar-refractivity contribution in [2.24, 2.45) is 11.8 Å². The minimum absolute atomic E-state index is 0.101. The minimum Gasteiger partial charge on any atom is -0.457 e. The predicted octanol–water partition coefficient (Wildman–Crippen LogP) is 5.39. The third kappa shape index (κ3) is 5.92. The van der Waals surface area contributed by atoms with Crippen molar-refractivity contribution in [3.63, 3.8) is 0 Å². The highest BCUT2D eigenvalue weighted by Crippen LogP contribution is 2.43. The fourth-order valence-corrected chi connectivity index (χ4v) is 5.35. The second kappa shape index (κ2) is 11.5. The van der Waals surface area contributed by atoms with Crippen LogP contribution in [-0.4, -0.2) is 41.1 Å². The number of fused-ring (bicyclic) bond motifs is 1. The molecule has 1 aliphatic carbocycles. The highest BCUT2D eigenvalue weighted by Gasteiger charge is 2.52. The second-order valence-electron chi connectivity index (χ2n) is 9.34. The van der Waals surface area contributed by atoms with Crippen molar-refractivity contribution in [2.45, 2.75) is 23.6 Å². The van der Waals surface area contributed by atoms with E-state index in [-0.39, 0.29) is 23.1 Å². The Kier molecular flexibility index (Phi) is 7.86. The first-order valence-electron chi connectivity index (χ1n) is 12.4. The Labute approximate surface area is 234 Å². The molecule has 1 N–H and O–H groups in total. The summed E-state index contributed by atoms with van der Waals surface area (Å²) in [5, 5.41) is 1.87. The molecule has 1 heterocycles. The van der Waals surface area contributed by atoms with Gasteiger partial charge in [0.25, 0.3) is 5.91 Å². The maximum atomic E-state index is 13.0. The van der Waals surface area contributed by atoms with Gasteiger partial charge >= 0.3 is 5.97 Å². The number of alkyl halides is 2. The predicted molar refractivity (Wildman–Crippen MR) is 146 cm³/mol. The number of halogens is 2. The molecule has 2 fully saturated rings. The van der Waals surface area contributed by atoms with E-state index >= 15 is 0 Å². The van der Waals surface area contributed by atoms with Crippen LogP contribution >= 0.6 is 23.2 Å². The third-order valence-electron chi connectivity index (χ3n) is 6.70. The summed E-state index contributed by atoms with van der Waals surface area (Å²) in [5.74, 6) is -1.79. The van der Waals surface area contributed by atoms with Crippen molar-refractivity contribution in [3.8, 4) is 11.5 Å². The molecule has 39 heavy (non-hydrogen) atoms. The molecule has 0 bridgehead atoms. The van der Waals surface area contributed by atoms with E-state index in [9.17, 15) is 19.2 Å². The molecule has 1 aliphatic heterocycles. The third-order valence-corrected chi connectivity index (χ3v) is 7.80. The number of nitrogens with one attached hydrogen (secondary N) is 1. The first-order chi connectivity index (χ1) is 18.8. The molecule has 3 aromatic rings. The van der Waals surface area contributed by atoms with Gasteiger partial charge in [-0.25, -0.2) is 4.79 Å². The van der Waals surface area contributed by atoms with Crippen LogP contribution in [-0.2, 0) is 19.1 Å². The van der Waals surface area contributed by atoms with E-state index in [1.807, 2.05) is 30.3 Å². The summed E-state index contributed by atoms with van der Waals surface area (Å²) < 4.78 is 10.9. The van der Waals surface area contributed by atoms with Crippen LogP contribution in [0.15, 0.2) is 78.9 Å². The molecule has 1 saturated carbocycles. The zero-order valence-electron chi connectivity index (χ0n) is 20.6. The maximum absolute atomic E-state index is 13.0. The van der Waals surface area contributed by atoms with Crippen molar-refractivity contribution in [1.82, 2.24) is 0 Å². The van der Waals surface area contributed by atoms with Gasteiger partial charge < -0.3 is 14.8 Å². The molecule has 2 aliphatic rings. The van der Waals surface area contributed by atoms with Crippen LogP contribution in [0.3, 0.4) is 0 Å². The zero-order chi connectivity index (χ0) is 27.5. The fourth-order valence-electron chi connectivity index (χ4n) is 4.76. The number of amides is 3. The highest BCUT2D eigenvalue weighted by molar-refractivity contribution is 6.31. The molecule has 200 valence electrons. The number of rotatable bonds is 7. The average molecular weight is 567 g/mol. The summed E-state index contributed by atoms with van der Waals surface area (Å²) in [4.78, 5) is 52.1. The number of nitrogens with zero attached hydrogens (tertiary/aromatic N) is 1. The molecule has 0 aromatic heterocycles. The molecular weight excluding hydrogens is 543 g/mol. The van der Waals surface area contributed by atoms with Crippen LogP contribution in [0.5, 0.6) is 11.5 Å². The molecule has 4 atom stereocenters. The number of esters is 1. The van der Waals surface area contributed by atoms with Crippen molar-refractivity contribution in [3.05, 3.63) is 84.4 Å². The lowest BCUT2D eigenvalue weighted by molar-refractivity contribution is -0.122. The number of hydrogen-bond acceptors (Lipinski definition) is 6. The lowest BCUT2D eigenvalue weighted by Crippen LogP contribution is -2.34. The summed E-state index contributed by atoms with van der Waals surface area (Å²) in [6.45, 7) is -0.523. The molecule has 8 nitrogen and oxygen atoms in total. The van der Waals surface area contributed by atoms with E-state index in [4.69, 9.17) is 32.7 Å². The first kappa shape index (κ1) is 26.7. The van der Waals surface area contributed by atoms with Crippen LogP contribution in [0, 0.1) is 11.8 Å². The standard InChI is InChI=1S/C29H24Cl2N2O6/c30-24-14-22-23(15-25(24)31)28(36)33(27(22)35)19-6-4-5-17(13-19)29(37)38-16-26(34)32-18-9-11-21(12-10-18)39-20-7-2-1-3-8-20/h1-13,22-25H,14-16H2,(H,32,34)/t22-,23-,24+,25+/m1/s1.